The number of hydrogen-bond donors (Lipinski definition) is 2. The van der Waals surface area contributed by atoms with E-state index in [0.717, 1.165) is 25.1 Å². The molecule has 3 rings (SSSR count). The minimum atomic E-state index is -0.00753. The molecule has 2 N–H and O–H groups in total. The molecule has 0 aromatic heterocycles. The van der Waals surface area contributed by atoms with Gasteiger partial charge in [-0.25, -0.2) is 0 Å². The van der Waals surface area contributed by atoms with Gasteiger partial charge in [0.05, 0.1) is 6.04 Å². The van der Waals surface area contributed by atoms with Crippen LogP contribution in [0.25, 0.3) is 0 Å². The summed E-state index contributed by atoms with van der Waals surface area (Å²) in [6, 6.07) is 10.2. The van der Waals surface area contributed by atoms with Gasteiger partial charge in [-0.1, -0.05) is 37.3 Å². The van der Waals surface area contributed by atoms with Gasteiger partial charge in [0.2, 0.25) is 5.91 Å². The Bertz CT molecular complexity index is 459. The first-order chi connectivity index (χ1) is 9.75. The fourth-order valence-electron chi connectivity index (χ4n) is 2.90. The van der Waals surface area contributed by atoms with Crippen molar-refractivity contribution in [3.05, 3.63) is 35.9 Å². The molecule has 1 aromatic rings. The molecule has 4 heteroatoms. The average Bonchev–Trinajstić information content (AvgIpc) is 2.85. The topological polar surface area (TPSA) is 50.4 Å². The predicted molar refractivity (Wildman–Crippen MR) is 77.2 cm³/mol. The van der Waals surface area contributed by atoms with Crippen molar-refractivity contribution >= 4 is 5.91 Å². The molecule has 0 radical (unpaired) electrons. The number of carbonyl (C=O) groups is 1. The largest absolute Gasteiger partial charge is 0.371 e. The number of carbonyl (C=O) groups excluding carboxylic acids is 1. The monoisotopic (exact) mass is 274 g/mol. The van der Waals surface area contributed by atoms with E-state index in [2.05, 4.69) is 22.8 Å². The molecular weight excluding hydrogens is 252 g/mol. The number of ether oxygens (including phenoxy) is 1. The summed E-state index contributed by atoms with van der Waals surface area (Å²) in [7, 11) is 0. The molecule has 2 aliphatic heterocycles. The minimum absolute atomic E-state index is 0.00753. The highest BCUT2D eigenvalue weighted by Crippen LogP contribution is 2.29. The summed E-state index contributed by atoms with van der Waals surface area (Å²) >= 11 is 0. The third kappa shape index (κ3) is 2.72. The molecule has 4 nitrogen and oxygen atoms in total. The molecule has 0 saturated carbocycles. The quantitative estimate of drug-likeness (QED) is 0.874. The molecule has 0 aliphatic carbocycles. The third-order valence-corrected chi connectivity index (χ3v) is 4.48. The Morgan fingerprint density at radius 1 is 1.35 bits per heavy atom. The van der Waals surface area contributed by atoms with E-state index < -0.39 is 0 Å². The van der Waals surface area contributed by atoms with Crippen molar-refractivity contribution in [1.29, 1.82) is 0 Å². The van der Waals surface area contributed by atoms with Gasteiger partial charge in [0, 0.05) is 12.5 Å². The predicted octanol–water partition coefficient (Wildman–Crippen LogP) is 1.49. The highest BCUT2D eigenvalue weighted by atomic mass is 16.5. The summed E-state index contributed by atoms with van der Waals surface area (Å²) in [4.78, 5) is 12.3. The molecule has 108 valence electrons. The van der Waals surface area contributed by atoms with Gasteiger partial charge in [-0.2, -0.15) is 0 Å². The standard InChI is InChI=1S/C16H22N2O2/c1-11(13-9-17-10-13)16(19)18-14-7-8-20-15(14)12-5-3-2-4-6-12/h2-6,11,13-15,17H,7-10H2,1H3,(H,18,19). The van der Waals surface area contributed by atoms with Crippen LogP contribution in [-0.4, -0.2) is 31.6 Å². The second-order valence-corrected chi connectivity index (χ2v) is 5.81. The Labute approximate surface area is 119 Å². The second kappa shape index (κ2) is 5.94. The van der Waals surface area contributed by atoms with Crippen LogP contribution in [0.5, 0.6) is 0 Å². The second-order valence-electron chi connectivity index (χ2n) is 5.81. The summed E-state index contributed by atoms with van der Waals surface area (Å²) < 4.78 is 5.81. The van der Waals surface area contributed by atoms with Gasteiger partial charge < -0.3 is 15.4 Å². The van der Waals surface area contributed by atoms with Gasteiger partial charge in [-0.3, -0.25) is 4.79 Å². The van der Waals surface area contributed by atoms with Crippen molar-refractivity contribution in [2.24, 2.45) is 11.8 Å². The van der Waals surface area contributed by atoms with Crippen molar-refractivity contribution < 1.29 is 9.53 Å². The van der Waals surface area contributed by atoms with Crippen molar-refractivity contribution in [2.45, 2.75) is 25.5 Å². The number of hydrogen-bond acceptors (Lipinski definition) is 3. The smallest absolute Gasteiger partial charge is 0.223 e. The van der Waals surface area contributed by atoms with Gasteiger partial charge in [0.15, 0.2) is 0 Å². The Morgan fingerprint density at radius 3 is 2.75 bits per heavy atom. The lowest BCUT2D eigenvalue weighted by Gasteiger charge is -2.32. The molecule has 1 aromatic carbocycles. The SMILES string of the molecule is CC(C(=O)NC1CCOC1c1ccccc1)C1CNC1. The number of nitrogens with one attached hydrogen (secondary N) is 2. The van der Waals surface area contributed by atoms with Crippen LogP contribution in [0.2, 0.25) is 0 Å². The van der Waals surface area contributed by atoms with Crippen LogP contribution in [0, 0.1) is 11.8 Å². The van der Waals surface area contributed by atoms with Crippen molar-refractivity contribution in [3.8, 4) is 0 Å². The van der Waals surface area contributed by atoms with Gasteiger partial charge in [0.1, 0.15) is 6.10 Å². The van der Waals surface area contributed by atoms with Gasteiger partial charge >= 0.3 is 0 Å². The normalized spacial score (nSPS) is 27.9. The third-order valence-electron chi connectivity index (χ3n) is 4.48. The Morgan fingerprint density at radius 2 is 2.10 bits per heavy atom. The van der Waals surface area contributed by atoms with Gasteiger partial charge in [0.25, 0.3) is 0 Å². The zero-order chi connectivity index (χ0) is 13.9. The Kier molecular flexibility index (Phi) is 4.03. The molecule has 3 unspecified atom stereocenters. The van der Waals surface area contributed by atoms with Crippen LogP contribution < -0.4 is 10.6 Å². The highest BCUT2D eigenvalue weighted by Gasteiger charge is 2.34. The van der Waals surface area contributed by atoms with Crippen LogP contribution in [0.15, 0.2) is 30.3 Å². The summed E-state index contributed by atoms with van der Waals surface area (Å²) in [5.41, 5.74) is 1.15. The van der Waals surface area contributed by atoms with E-state index in [4.69, 9.17) is 4.74 Å². The molecule has 2 fully saturated rings. The first-order valence-corrected chi connectivity index (χ1v) is 7.43. The molecule has 2 saturated heterocycles. The molecule has 2 aliphatic rings. The van der Waals surface area contributed by atoms with E-state index in [0.29, 0.717) is 12.5 Å². The molecule has 20 heavy (non-hydrogen) atoms. The molecule has 3 atom stereocenters. The fraction of sp³-hybridized carbons (Fsp3) is 0.562. The maximum Gasteiger partial charge on any atom is 0.223 e. The average molecular weight is 274 g/mol. The van der Waals surface area contributed by atoms with Crippen LogP contribution >= 0.6 is 0 Å². The number of rotatable bonds is 4. The number of amides is 1. The van der Waals surface area contributed by atoms with Crippen LogP contribution in [0.1, 0.15) is 25.0 Å². The van der Waals surface area contributed by atoms with E-state index >= 15 is 0 Å². The molecule has 0 bridgehead atoms. The lowest BCUT2D eigenvalue weighted by molar-refractivity contribution is -0.127. The minimum Gasteiger partial charge on any atom is -0.371 e. The van der Waals surface area contributed by atoms with Gasteiger partial charge in [-0.05, 0) is 31.0 Å². The van der Waals surface area contributed by atoms with Crippen molar-refractivity contribution in [1.82, 2.24) is 10.6 Å². The maximum absolute atomic E-state index is 12.3. The Hall–Kier alpha value is -1.39. The van der Waals surface area contributed by atoms with E-state index in [1.54, 1.807) is 0 Å². The molecule has 2 heterocycles. The van der Waals surface area contributed by atoms with Gasteiger partial charge in [-0.15, -0.1) is 0 Å². The zero-order valence-corrected chi connectivity index (χ0v) is 11.8. The van der Waals surface area contributed by atoms with E-state index in [1.807, 2.05) is 25.1 Å². The molecular formula is C16H22N2O2. The lowest BCUT2D eigenvalue weighted by Crippen LogP contribution is -2.51. The fourth-order valence-corrected chi connectivity index (χ4v) is 2.90. The number of benzene rings is 1. The van der Waals surface area contributed by atoms with Crippen molar-refractivity contribution in [2.75, 3.05) is 19.7 Å². The summed E-state index contributed by atoms with van der Waals surface area (Å²) in [5.74, 6) is 0.716. The van der Waals surface area contributed by atoms with E-state index in [1.165, 1.54) is 0 Å². The Balaban J connectivity index is 1.62. The van der Waals surface area contributed by atoms with E-state index in [9.17, 15) is 4.79 Å². The van der Waals surface area contributed by atoms with Crippen molar-refractivity contribution in [3.63, 3.8) is 0 Å². The summed E-state index contributed by atoms with van der Waals surface area (Å²) in [6.07, 6.45) is 0.882. The first-order valence-electron chi connectivity index (χ1n) is 7.43. The van der Waals surface area contributed by atoms with Crippen LogP contribution in [-0.2, 0) is 9.53 Å². The molecule has 1 amide bonds. The van der Waals surface area contributed by atoms with Crippen LogP contribution in [0.4, 0.5) is 0 Å². The van der Waals surface area contributed by atoms with Crippen LogP contribution in [0.3, 0.4) is 0 Å². The maximum atomic E-state index is 12.3. The first kappa shape index (κ1) is 13.6. The zero-order valence-electron chi connectivity index (χ0n) is 11.8. The molecule has 0 spiro atoms. The summed E-state index contributed by atoms with van der Waals surface area (Å²) in [5, 5.41) is 6.41. The van der Waals surface area contributed by atoms with E-state index in [-0.39, 0.29) is 24.0 Å². The summed E-state index contributed by atoms with van der Waals surface area (Å²) in [6.45, 7) is 4.65. The lowest BCUT2D eigenvalue weighted by atomic mass is 9.88. The highest BCUT2D eigenvalue weighted by molar-refractivity contribution is 5.79.